The Balaban J connectivity index is 2.32. The topological polar surface area (TPSA) is 41.7 Å². The lowest BCUT2D eigenvalue weighted by molar-refractivity contribution is 0.140. The molecule has 2 N–H and O–H groups in total. The van der Waals surface area contributed by atoms with E-state index in [0.29, 0.717) is 12.6 Å². The maximum atomic E-state index is 5.98. The summed E-state index contributed by atoms with van der Waals surface area (Å²) in [6.45, 7) is 3.95. The first-order valence-electron chi connectivity index (χ1n) is 5.76. The number of hydrogen-bond donors (Lipinski definition) is 1. The summed E-state index contributed by atoms with van der Waals surface area (Å²) in [5.41, 5.74) is 5.98. The van der Waals surface area contributed by atoms with Gasteiger partial charge in [-0.1, -0.05) is 0 Å². The molecule has 2 atom stereocenters. The normalized spacial score (nSPS) is 25.0. The minimum absolute atomic E-state index is 0.151. The van der Waals surface area contributed by atoms with Crippen LogP contribution in [0.15, 0.2) is 0 Å². The zero-order valence-electron chi connectivity index (χ0n) is 10.3. The van der Waals surface area contributed by atoms with Crippen molar-refractivity contribution in [2.24, 2.45) is 5.73 Å². The molecule has 15 heavy (non-hydrogen) atoms. The van der Waals surface area contributed by atoms with Crippen LogP contribution in [0.25, 0.3) is 0 Å². The largest absolute Gasteiger partial charge is 0.383 e. The van der Waals surface area contributed by atoms with Crippen LogP contribution in [0.4, 0.5) is 0 Å². The molecule has 0 saturated carbocycles. The van der Waals surface area contributed by atoms with Crippen molar-refractivity contribution in [3.63, 3.8) is 0 Å². The molecule has 0 aromatic rings. The van der Waals surface area contributed by atoms with Gasteiger partial charge in [0.1, 0.15) is 0 Å². The van der Waals surface area contributed by atoms with E-state index in [1.54, 1.807) is 7.11 Å². The van der Waals surface area contributed by atoms with E-state index in [0.717, 1.165) is 13.1 Å². The molecule has 0 bridgehead atoms. The van der Waals surface area contributed by atoms with Crippen molar-refractivity contribution >= 4 is 0 Å². The summed E-state index contributed by atoms with van der Waals surface area (Å²) in [6.07, 6.45) is 2.61. The molecule has 4 heteroatoms. The second kappa shape index (κ2) is 6.43. The fourth-order valence-electron chi connectivity index (χ4n) is 2.33. The standard InChI is InChI=1S/C11H25N3O/c1-13(2)8-11-5-4-6-14(11)7-10(12)9-15-3/h10-11H,4-9,12H2,1-3H3. The van der Waals surface area contributed by atoms with Crippen LogP contribution in [0.2, 0.25) is 0 Å². The van der Waals surface area contributed by atoms with Gasteiger partial charge in [-0.05, 0) is 33.5 Å². The molecule has 0 aliphatic carbocycles. The number of hydrogen-bond acceptors (Lipinski definition) is 4. The Morgan fingerprint density at radius 2 is 2.27 bits per heavy atom. The smallest absolute Gasteiger partial charge is 0.0626 e. The Kier molecular flexibility index (Phi) is 5.53. The summed E-state index contributed by atoms with van der Waals surface area (Å²) in [4.78, 5) is 4.76. The van der Waals surface area contributed by atoms with Gasteiger partial charge in [-0.2, -0.15) is 0 Å². The molecule has 1 fully saturated rings. The molecule has 1 heterocycles. The number of likely N-dealkylation sites (tertiary alicyclic amines) is 1. The fraction of sp³-hybridized carbons (Fsp3) is 1.00. The molecule has 2 unspecified atom stereocenters. The van der Waals surface area contributed by atoms with Crippen molar-refractivity contribution in [2.75, 3.05) is 47.4 Å². The average Bonchev–Trinajstić information content (AvgIpc) is 2.52. The Morgan fingerprint density at radius 3 is 2.87 bits per heavy atom. The van der Waals surface area contributed by atoms with E-state index < -0.39 is 0 Å². The average molecular weight is 215 g/mol. The van der Waals surface area contributed by atoms with Crippen LogP contribution >= 0.6 is 0 Å². The maximum absolute atomic E-state index is 5.98. The number of ether oxygens (including phenoxy) is 1. The number of nitrogens with zero attached hydrogens (tertiary/aromatic N) is 2. The van der Waals surface area contributed by atoms with E-state index in [1.807, 2.05) is 0 Å². The lowest BCUT2D eigenvalue weighted by atomic mass is 10.2. The Morgan fingerprint density at radius 1 is 1.53 bits per heavy atom. The summed E-state index contributed by atoms with van der Waals surface area (Å²) >= 11 is 0. The second-order valence-electron chi connectivity index (χ2n) is 4.77. The quantitative estimate of drug-likeness (QED) is 0.676. The van der Waals surface area contributed by atoms with Gasteiger partial charge < -0.3 is 15.4 Å². The van der Waals surface area contributed by atoms with Crippen molar-refractivity contribution in [3.05, 3.63) is 0 Å². The van der Waals surface area contributed by atoms with Gasteiger partial charge in [-0.25, -0.2) is 0 Å². The molecule has 90 valence electrons. The van der Waals surface area contributed by atoms with Crippen molar-refractivity contribution in [1.29, 1.82) is 0 Å². The van der Waals surface area contributed by atoms with Crippen LogP contribution in [0.1, 0.15) is 12.8 Å². The van der Waals surface area contributed by atoms with Gasteiger partial charge in [0.2, 0.25) is 0 Å². The number of likely N-dealkylation sites (N-methyl/N-ethyl adjacent to an activating group) is 1. The van der Waals surface area contributed by atoms with Gasteiger partial charge in [0.15, 0.2) is 0 Å². The molecule has 1 rings (SSSR count). The third-order valence-electron chi connectivity index (χ3n) is 2.92. The van der Waals surface area contributed by atoms with Gasteiger partial charge in [-0.15, -0.1) is 0 Å². The van der Waals surface area contributed by atoms with Crippen LogP contribution < -0.4 is 5.73 Å². The third-order valence-corrected chi connectivity index (χ3v) is 2.92. The van der Waals surface area contributed by atoms with Gasteiger partial charge in [0, 0.05) is 32.3 Å². The van der Waals surface area contributed by atoms with Crippen LogP contribution in [0.3, 0.4) is 0 Å². The van der Waals surface area contributed by atoms with E-state index in [-0.39, 0.29) is 6.04 Å². The summed E-state index contributed by atoms with van der Waals surface area (Å²) in [7, 11) is 5.97. The zero-order valence-corrected chi connectivity index (χ0v) is 10.3. The first-order valence-corrected chi connectivity index (χ1v) is 5.76. The van der Waals surface area contributed by atoms with Crippen LogP contribution in [0.5, 0.6) is 0 Å². The number of nitrogens with two attached hydrogens (primary N) is 1. The van der Waals surface area contributed by atoms with Crippen LogP contribution in [-0.4, -0.2) is 69.3 Å². The Hall–Kier alpha value is -0.160. The molecule has 1 aliphatic rings. The summed E-state index contributed by atoms with van der Waals surface area (Å²) in [6, 6.07) is 0.834. The minimum atomic E-state index is 0.151. The van der Waals surface area contributed by atoms with Gasteiger partial charge in [0.05, 0.1) is 6.61 Å². The molecular weight excluding hydrogens is 190 g/mol. The second-order valence-corrected chi connectivity index (χ2v) is 4.77. The van der Waals surface area contributed by atoms with Crippen LogP contribution in [0, 0.1) is 0 Å². The number of rotatable bonds is 6. The summed E-state index contributed by atoms with van der Waals surface area (Å²) in [5.74, 6) is 0. The van der Waals surface area contributed by atoms with E-state index >= 15 is 0 Å². The Bertz CT molecular complexity index is 175. The third kappa shape index (κ3) is 4.47. The highest BCUT2D eigenvalue weighted by Crippen LogP contribution is 2.17. The molecule has 1 aliphatic heterocycles. The number of methoxy groups -OCH3 is 1. The van der Waals surface area contributed by atoms with Crippen molar-refractivity contribution in [3.8, 4) is 0 Å². The molecular formula is C11H25N3O. The van der Waals surface area contributed by atoms with Crippen molar-refractivity contribution in [1.82, 2.24) is 9.80 Å². The van der Waals surface area contributed by atoms with Gasteiger partial charge in [-0.3, -0.25) is 4.90 Å². The highest BCUT2D eigenvalue weighted by atomic mass is 16.5. The molecule has 0 amide bonds. The SMILES string of the molecule is COCC(N)CN1CCCC1CN(C)C. The lowest BCUT2D eigenvalue weighted by Gasteiger charge is -2.29. The summed E-state index contributed by atoms with van der Waals surface area (Å²) < 4.78 is 5.07. The maximum Gasteiger partial charge on any atom is 0.0626 e. The van der Waals surface area contributed by atoms with Crippen molar-refractivity contribution < 1.29 is 4.74 Å². The predicted molar refractivity (Wildman–Crippen MR) is 63.0 cm³/mol. The van der Waals surface area contributed by atoms with E-state index in [2.05, 4.69) is 23.9 Å². The Labute approximate surface area is 93.4 Å². The fourth-order valence-corrected chi connectivity index (χ4v) is 2.33. The first-order chi connectivity index (χ1) is 7.13. The van der Waals surface area contributed by atoms with Gasteiger partial charge in [0.25, 0.3) is 0 Å². The van der Waals surface area contributed by atoms with Crippen molar-refractivity contribution in [2.45, 2.75) is 24.9 Å². The molecule has 0 radical (unpaired) electrons. The van der Waals surface area contributed by atoms with Crippen LogP contribution in [-0.2, 0) is 4.74 Å². The van der Waals surface area contributed by atoms with E-state index in [9.17, 15) is 0 Å². The molecule has 1 saturated heterocycles. The molecule has 0 aromatic heterocycles. The van der Waals surface area contributed by atoms with E-state index in [1.165, 1.54) is 19.4 Å². The first kappa shape index (κ1) is 12.9. The zero-order chi connectivity index (χ0) is 11.3. The predicted octanol–water partition coefficient (Wildman–Crippen LogP) is -0.0139. The monoisotopic (exact) mass is 215 g/mol. The van der Waals surface area contributed by atoms with Gasteiger partial charge >= 0.3 is 0 Å². The molecule has 4 nitrogen and oxygen atoms in total. The molecule has 0 spiro atoms. The van der Waals surface area contributed by atoms with E-state index in [4.69, 9.17) is 10.5 Å². The highest BCUT2D eigenvalue weighted by Gasteiger charge is 2.25. The molecule has 0 aromatic carbocycles. The lowest BCUT2D eigenvalue weighted by Crippen LogP contribution is -2.45. The summed E-state index contributed by atoms with van der Waals surface area (Å²) in [5, 5.41) is 0. The highest BCUT2D eigenvalue weighted by molar-refractivity contribution is 4.83. The minimum Gasteiger partial charge on any atom is -0.383 e.